The summed E-state index contributed by atoms with van der Waals surface area (Å²) in [6.07, 6.45) is 0. The molecular weight excluding hydrogens is 244 g/mol. The molecule has 0 atom stereocenters. The van der Waals surface area contributed by atoms with E-state index in [1.807, 2.05) is 0 Å². The van der Waals surface area contributed by atoms with Crippen LogP contribution in [-0.4, -0.2) is 72.2 Å². The lowest BCUT2D eigenvalue weighted by atomic mass is 10.3. The SMILES string of the molecule is CN(N=O)C(=O)N1CCN(C(=O)N(C)N=O)CC1. The second-order valence-corrected chi connectivity index (χ2v) is 3.75. The first kappa shape index (κ1) is 13.8. The van der Waals surface area contributed by atoms with Crippen LogP contribution >= 0.6 is 0 Å². The fourth-order valence-corrected chi connectivity index (χ4v) is 1.57. The third kappa shape index (κ3) is 2.90. The number of nitroso groups, excluding NO2 is 2. The predicted octanol–water partition coefficient (Wildman–Crippen LogP) is 0.0704. The van der Waals surface area contributed by atoms with Gasteiger partial charge in [0.2, 0.25) is 0 Å². The molecule has 0 saturated carbocycles. The number of hydrogen-bond donors (Lipinski definition) is 0. The maximum atomic E-state index is 11.6. The monoisotopic (exact) mass is 258 g/mol. The maximum absolute atomic E-state index is 11.6. The minimum Gasteiger partial charge on any atom is -0.320 e. The van der Waals surface area contributed by atoms with Crippen LogP contribution in [-0.2, 0) is 0 Å². The summed E-state index contributed by atoms with van der Waals surface area (Å²) in [4.78, 5) is 46.3. The Morgan fingerprint density at radius 2 is 1.11 bits per heavy atom. The Hall–Kier alpha value is -2.26. The Balaban J connectivity index is 2.51. The van der Waals surface area contributed by atoms with E-state index in [2.05, 4.69) is 10.6 Å². The van der Waals surface area contributed by atoms with Crippen LogP contribution in [0.15, 0.2) is 10.6 Å². The second-order valence-electron chi connectivity index (χ2n) is 3.75. The van der Waals surface area contributed by atoms with Gasteiger partial charge >= 0.3 is 12.1 Å². The van der Waals surface area contributed by atoms with Gasteiger partial charge in [-0.2, -0.15) is 10.0 Å². The van der Waals surface area contributed by atoms with Crippen molar-refractivity contribution in [2.45, 2.75) is 0 Å². The second kappa shape index (κ2) is 5.89. The van der Waals surface area contributed by atoms with Gasteiger partial charge in [-0.25, -0.2) is 9.59 Å². The topological polar surface area (TPSA) is 106 Å². The highest BCUT2D eigenvalue weighted by Crippen LogP contribution is 2.07. The molecule has 1 heterocycles. The van der Waals surface area contributed by atoms with E-state index in [9.17, 15) is 19.4 Å². The zero-order valence-corrected chi connectivity index (χ0v) is 10.1. The molecule has 0 N–H and O–H groups in total. The number of piperazine rings is 1. The number of hydrogen-bond acceptors (Lipinski definition) is 6. The van der Waals surface area contributed by atoms with Crippen LogP contribution in [0.25, 0.3) is 0 Å². The van der Waals surface area contributed by atoms with E-state index in [0.717, 1.165) is 0 Å². The molecule has 0 aromatic carbocycles. The molecule has 0 unspecified atom stereocenters. The number of amides is 4. The smallest absolute Gasteiger partial charge is 0.320 e. The number of carbonyl (C=O) groups excluding carboxylic acids is 2. The van der Waals surface area contributed by atoms with Crippen LogP contribution in [0.2, 0.25) is 0 Å². The van der Waals surface area contributed by atoms with Crippen molar-refractivity contribution in [2.24, 2.45) is 10.6 Å². The van der Waals surface area contributed by atoms with E-state index in [-0.39, 0.29) is 26.2 Å². The molecule has 1 fully saturated rings. The van der Waals surface area contributed by atoms with Gasteiger partial charge in [0.15, 0.2) is 0 Å². The minimum absolute atomic E-state index is 0.275. The van der Waals surface area contributed by atoms with E-state index in [0.29, 0.717) is 10.0 Å². The molecule has 18 heavy (non-hydrogen) atoms. The zero-order valence-electron chi connectivity index (χ0n) is 10.1. The van der Waals surface area contributed by atoms with Gasteiger partial charge < -0.3 is 9.80 Å². The fourth-order valence-electron chi connectivity index (χ4n) is 1.57. The van der Waals surface area contributed by atoms with E-state index < -0.39 is 12.1 Å². The van der Waals surface area contributed by atoms with Crippen molar-refractivity contribution in [2.75, 3.05) is 40.3 Å². The minimum atomic E-state index is -0.515. The molecule has 0 spiro atoms. The zero-order chi connectivity index (χ0) is 13.7. The van der Waals surface area contributed by atoms with E-state index in [4.69, 9.17) is 0 Å². The predicted molar refractivity (Wildman–Crippen MR) is 61.1 cm³/mol. The van der Waals surface area contributed by atoms with Gasteiger partial charge in [0, 0.05) is 40.3 Å². The van der Waals surface area contributed by atoms with Gasteiger partial charge in [-0.05, 0) is 0 Å². The van der Waals surface area contributed by atoms with Crippen molar-refractivity contribution in [1.82, 2.24) is 19.8 Å². The third-order valence-electron chi connectivity index (χ3n) is 2.62. The molecule has 0 bridgehead atoms. The molecule has 1 aliphatic rings. The Kier molecular flexibility index (Phi) is 4.52. The van der Waals surface area contributed by atoms with E-state index in [1.165, 1.54) is 23.9 Å². The lowest BCUT2D eigenvalue weighted by Gasteiger charge is -2.35. The molecule has 0 aliphatic carbocycles. The molecule has 0 radical (unpaired) electrons. The summed E-state index contributed by atoms with van der Waals surface area (Å²) in [5.74, 6) is 0. The van der Waals surface area contributed by atoms with Crippen molar-refractivity contribution < 1.29 is 9.59 Å². The summed E-state index contributed by atoms with van der Waals surface area (Å²) < 4.78 is 0. The quantitative estimate of drug-likeness (QED) is 0.516. The first-order chi connectivity index (χ1) is 8.51. The van der Waals surface area contributed by atoms with Gasteiger partial charge in [0.05, 0.1) is 10.6 Å². The Bertz CT molecular complexity index is 319. The highest BCUT2D eigenvalue weighted by atomic mass is 16.3. The van der Waals surface area contributed by atoms with Crippen LogP contribution in [0.5, 0.6) is 0 Å². The molecule has 1 rings (SSSR count). The maximum Gasteiger partial charge on any atom is 0.342 e. The lowest BCUT2D eigenvalue weighted by molar-refractivity contribution is 0.112. The highest BCUT2D eigenvalue weighted by Gasteiger charge is 2.27. The van der Waals surface area contributed by atoms with Gasteiger partial charge in [-0.1, -0.05) is 0 Å². The van der Waals surface area contributed by atoms with Crippen molar-refractivity contribution in [1.29, 1.82) is 0 Å². The average Bonchev–Trinajstić information content (AvgIpc) is 2.44. The standard InChI is InChI=1S/C8H14N6O4/c1-11(9-17)7(15)13-3-5-14(6-4-13)8(16)12(2)10-18/h3-6H2,1-2H3. The fraction of sp³-hybridized carbons (Fsp3) is 0.750. The Morgan fingerprint density at radius 3 is 1.33 bits per heavy atom. The first-order valence-corrected chi connectivity index (χ1v) is 5.23. The van der Waals surface area contributed by atoms with Crippen molar-refractivity contribution >= 4 is 12.1 Å². The summed E-state index contributed by atoms with van der Waals surface area (Å²) in [6.45, 7) is 1.10. The summed E-state index contributed by atoms with van der Waals surface area (Å²) in [6, 6.07) is -1.03. The van der Waals surface area contributed by atoms with Crippen LogP contribution < -0.4 is 0 Å². The number of urea groups is 2. The molecule has 0 aromatic heterocycles. The molecule has 1 saturated heterocycles. The van der Waals surface area contributed by atoms with Gasteiger partial charge in [0.1, 0.15) is 0 Å². The van der Waals surface area contributed by atoms with Crippen LogP contribution in [0.4, 0.5) is 9.59 Å². The average molecular weight is 258 g/mol. The number of nitrogens with zero attached hydrogens (tertiary/aromatic N) is 6. The largest absolute Gasteiger partial charge is 0.342 e. The van der Waals surface area contributed by atoms with Crippen molar-refractivity contribution in [3.05, 3.63) is 9.81 Å². The third-order valence-corrected chi connectivity index (χ3v) is 2.62. The molecule has 1 aliphatic heterocycles. The Morgan fingerprint density at radius 1 is 0.833 bits per heavy atom. The molecule has 10 nitrogen and oxygen atoms in total. The summed E-state index contributed by atoms with van der Waals surface area (Å²) in [5.41, 5.74) is 0. The van der Waals surface area contributed by atoms with Gasteiger partial charge in [-0.15, -0.1) is 9.81 Å². The summed E-state index contributed by atoms with van der Waals surface area (Å²) >= 11 is 0. The first-order valence-electron chi connectivity index (χ1n) is 5.23. The van der Waals surface area contributed by atoms with E-state index in [1.54, 1.807) is 0 Å². The van der Waals surface area contributed by atoms with Gasteiger partial charge in [-0.3, -0.25) is 0 Å². The molecule has 100 valence electrons. The molecule has 10 heteroatoms. The molecule has 4 amide bonds. The van der Waals surface area contributed by atoms with Gasteiger partial charge in [0.25, 0.3) is 0 Å². The van der Waals surface area contributed by atoms with Crippen molar-refractivity contribution in [3.63, 3.8) is 0 Å². The Labute approximate surface area is 103 Å². The summed E-state index contributed by atoms with van der Waals surface area (Å²) in [5, 5.41) is 6.39. The molecular formula is C8H14N6O4. The highest BCUT2D eigenvalue weighted by molar-refractivity contribution is 5.76. The van der Waals surface area contributed by atoms with E-state index >= 15 is 0 Å². The normalized spacial score (nSPS) is 15.0. The number of rotatable bonds is 2. The lowest BCUT2D eigenvalue weighted by Crippen LogP contribution is -2.54. The van der Waals surface area contributed by atoms with Crippen molar-refractivity contribution in [3.8, 4) is 0 Å². The summed E-state index contributed by atoms with van der Waals surface area (Å²) in [7, 11) is 2.52. The van der Waals surface area contributed by atoms with Crippen LogP contribution in [0, 0.1) is 9.81 Å². The van der Waals surface area contributed by atoms with Crippen LogP contribution in [0.3, 0.4) is 0 Å². The van der Waals surface area contributed by atoms with Crippen LogP contribution in [0.1, 0.15) is 0 Å². The number of carbonyl (C=O) groups is 2. The molecule has 0 aromatic rings.